The normalized spacial score (nSPS) is 12.0. The molecule has 8 heteroatoms. The molecular weight excluding hydrogens is 398 g/mol. The van der Waals surface area contributed by atoms with E-state index >= 15 is 0 Å². The first-order valence-corrected chi connectivity index (χ1v) is 10.4. The van der Waals surface area contributed by atoms with Crippen LogP contribution in [0.5, 0.6) is 0 Å². The van der Waals surface area contributed by atoms with Crippen molar-refractivity contribution >= 4 is 34.0 Å². The Hall–Kier alpha value is -2.09. The van der Waals surface area contributed by atoms with Gasteiger partial charge in [0.05, 0.1) is 10.6 Å². The van der Waals surface area contributed by atoms with Crippen LogP contribution in [-0.4, -0.2) is 40.5 Å². The van der Waals surface area contributed by atoms with E-state index in [1.54, 1.807) is 42.5 Å². The minimum Gasteiger partial charge on any atom is -0.354 e. The number of nitrogens with zero attached hydrogens (tertiary/aromatic N) is 1. The first-order valence-electron chi connectivity index (χ1n) is 8.93. The quantitative estimate of drug-likeness (QED) is 0.647. The van der Waals surface area contributed by atoms with Crippen LogP contribution >= 0.6 is 12.4 Å². The van der Waals surface area contributed by atoms with Crippen LogP contribution in [-0.2, 0) is 14.8 Å². The lowest BCUT2D eigenvalue weighted by molar-refractivity contribution is -0.120. The number of nitrogens with one attached hydrogen (secondary N) is 2. The minimum atomic E-state index is -3.76. The second-order valence-electron chi connectivity index (χ2n) is 6.47. The van der Waals surface area contributed by atoms with E-state index in [4.69, 9.17) is 0 Å². The molecule has 0 aromatic heterocycles. The summed E-state index contributed by atoms with van der Waals surface area (Å²) in [7, 11) is -1.94. The van der Waals surface area contributed by atoms with Gasteiger partial charge in [0.2, 0.25) is 5.91 Å². The van der Waals surface area contributed by atoms with E-state index in [1.807, 2.05) is 33.0 Å². The highest BCUT2D eigenvalue weighted by molar-refractivity contribution is 7.92. The summed E-state index contributed by atoms with van der Waals surface area (Å²) in [6.45, 7) is 4.46. The van der Waals surface area contributed by atoms with Crippen LogP contribution in [0, 0.1) is 6.92 Å². The van der Waals surface area contributed by atoms with Gasteiger partial charge in [-0.3, -0.25) is 9.10 Å². The largest absolute Gasteiger partial charge is 0.354 e. The van der Waals surface area contributed by atoms with Gasteiger partial charge in [0, 0.05) is 25.6 Å². The van der Waals surface area contributed by atoms with Crippen molar-refractivity contribution in [3.8, 4) is 0 Å². The minimum absolute atomic E-state index is 0. The second-order valence-corrected chi connectivity index (χ2v) is 8.33. The summed E-state index contributed by atoms with van der Waals surface area (Å²) >= 11 is 0. The van der Waals surface area contributed by atoms with Gasteiger partial charge >= 0.3 is 0 Å². The molecule has 0 spiro atoms. The maximum atomic E-state index is 13.1. The predicted molar refractivity (Wildman–Crippen MR) is 116 cm³/mol. The van der Waals surface area contributed by atoms with Gasteiger partial charge in [-0.15, -0.1) is 12.4 Å². The van der Waals surface area contributed by atoms with Gasteiger partial charge in [-0.2, -0.15) is 0 Å². The van der Waals surface area contributed by atoms with Gasteiger partial charge in [-0.05, 0) is 45.2 Å². The molecule has 2 aromatic carbocycles. The third-order valence-electron chi connectivity index (χ3n) is 4.29. The molecule has 6 nitrogen and oxygen atoms in total. The highest BCUT2D eigenvalue weighted by atomic mass is 35.5. The van der Waals surface area contributed by atoms with E-state index < -0.39 is 10.0 Å². The third kappa shape index (κ3) is 6.51. The molecule has 0 heterocycles. The Labute approximate surface area is 173 Å². The summed E-state index contributed by atoms with van der Waals surface area (Å²) in [6, 6.07) is 15.7. The average Bonchev–Trinajstić information content (AvgIpc) is 2.68. The van der Waals surface area contributed by atoms with Crippen LogP contribution < -0.4 is 14.9 Å². The molecule has 2 aromatic rings. The Kier molecular flexibility index (Phi) is 9.45. The first-order chi connectivity index (χ1) is 12.8. The Balaban J connectivity index is 0.00000392. The zero-order chi connectivity index (χ0) is 19.9. The van der Waals surface area contributed by atoms with Gasteiger partial charge in [0.1, 0.15) is 0 Å². The van der Waals surface area contributed by atoms with Crippen LogP contribution in [0.3, 0.4) is 0 Å². The first kappa shape index (κ1) is 23.9. The molecule has 1 unspecified atom stereocenters. The van der Waals surface area contributed by atoms with Crippen molar-refractivity contribution in [1.29, 1.82) is 0 Å². The van der Waals surface area contributed by atoms with E-state index in [9.17, 15) is 13.2 Å². The number of amides is 1. The lowest BCUT2D eigenvalue weighted by atomic mass is 10.2. The number of carbonyl (C=O) groups excluding carboxylic acids is 1. The SMILES string of the molecule is CNC(C)CNC(=O)CCN(c1ccc(C)cc1)S(=O)(=O)c1ccccc1.Cl. The zero-order valence-corrected chi connectivity index (χ0v) is 18.0. The standard InChI is InChI=1S/C20H27N3O3S.ClH/c1-16-9-11-18(12-10-16)23(14-13-20(24)22-15-17(2)21-3)27(25,26)19-7-5-4-6-8-19;/h4-12,17,21H,13-15H2,1-3H3,(H,22,24);1H. The number of hydrogen-bond donors (Lipinski definition) is 2. The third-order valence-corrected chi connectivity index (χ3v) is 6.13. The Bertz CT molecular complexity index is 843. The second kappa shape index (κ2) is 11.0. The summed E-state index contributed by atoms with van der Waals surface area (Å²) in [5.41, 5.74) is 1.58. The molecule has 0 aliphatic heterocycles. The highest BCUT2D eigenvalue weighted by Gasteiger charge is 2.25. The molecule has 1 atom stereocenters. The smallest absolute Gasteiger partial charge is 0.264 e. The molecule has 0 saturated carbocycles. The van der Waals surface area contributed by atoms with E-state index in [1.165, 1.54) is 4.31 Å². The lowest BCUT2D eigenvalue weighted by Crippen LogP contribution is -2.39. The van der Waals surface area contributed by atoms with E-state index in [0.29, 0.717) is 12.2 Å². The van der Waals surface area contributed by atoms with Crippen molar-refractivity contribution in [3.05, 3.63) is 60.2 Å². The number of rotatable bonds is 9. The van der Waals surface area contributed by atoms with Crippen LogP contribution in [0.25, 0.3) is 0 Å². The number of sulfonamides is 1. The summed E-state index contributed by atoms with van der Waals surface area (Å²) in [5, 5.41) is 5.86. The molecule has 2 N–H and O–H groups in total. The van der Waals surface area contributed by atoms with Crippen LogP contribution in [0.1, 0.15) is 18.9 Å². The average molecular weight is 426 g/mol. The van der Waals surface area contributed by atoms with Crippen LogP contribution in [0.15, 0.2) is 59.5 Å². The van der Waals surface area contributed by atoms with Crippen LogP contribution in [0.4, 0.5) is 5.69 Å². The predicted octanol–water partition coefficient (Wildman–Crippen LogP) is 2.73. The molecule has 1 amide bonds. The number of carbonyl (C=O) groups is 1. The van der Waals surface area contributed by atoms with Gasteiger partial charge in [-0.1, -0.05) is 35.9 Å². The molecule has 0 bridgehead atoms. The van der Waals surface area contributed by atoms with Crippen molar-refractivity contribution in [2.24, 2.45) is 0 Å². The zero-order valence-electron chi connectivity index (χ0n) is 16.4. The molecule has 0 aliphatic carbocycles. The molecule has 0 fully saturated rings. The van der Waals surface area contributed by atoms with Crippen molar-refractivity contribution in [1.82, 2.24) is 10.6 Å². The fraction of sp³-hybridized carbons (Fsp3) is 0.350. The summed E-state index contributed by atoms with van der Waals surface area (Å²) in [6.07, 6.45) is 0.0797. The number of anilines is 1. The number of benzene rings is 2. The number of halogens is 1. The Morgan fingerprint density at radius 1 is 1.07 bits per heavy atom. The van der Waals surface area contributed by atoms with Crippen LogP contribution in [0.2, 0.25) is 0 Å². The molecule has 2 rings (SSSR count). The fourth-order valence-electron chi connectivity index (χ4n) is 2.48. The molecule has 154 valence electrons. The van der Waals surface area contributed by atoms with E-state index in [2.05, 4.69) is 10.6 Å². The maximum Gasteiger partial charge on any atom is 0.264 e. The van der Waals surface area contributed by atoms with Crippen molar-refractivity contribution in [3.63, 3.8) is 0 Å². The van der Waals surface area contributed by atoms with Gasteiger partial charge in [0.15, 0.2) is 0 Å². The van der Waals surface area contributed by atoms with E-state index in [-0.39, 0.29) is 42.2 Å². The van der Waals surface area contributed by atoms with Gasteiger partial charge in [0.25, 0.3) is 10.0 Å². The monoisotopic (exact) mass is 425 g/mol. The molecule has 28 heavy (non-hydrogen) atoms. The Morgan fingerprint density at radius 2 is 1.68 bits per heavy atom. The molecule has 0 radical (unpaired) electrons. The molecule has 0 aliphatic rings. The topological polar surface area (TPSA) is 78.5 Å². The summed E-state index contributed by atoms with van der Waals surface area (Å²) < 4.78 is 27.5. The molecular formula is C20H28ClN3O3S. The highest BCUT2D eigenvalue weighted by Crippen LogP contribution is 2.24. The lowest BCUT2D eigenvalue weighted by Gasteiger charge is -2.24. The fourth-order valence-corrected chi connectivity index (χ4v) is 3.97. The molecule has 0 saturated heterocycles. The van der Waals surface area contributed by atoms with Crippen molar-refractivity contribution in [2.45, 2.75) is 31.2 Å². The summed E-state index contributed by atoms with van der Waals surface area (Å²) in [4.78, 5) is 12.4. The number of likely N-dealkylation sites (N-methyl/N-ethyl adjacent to an activating group) is 1. The maximum absolute atomic E-state index is 13.1. The Morgan fingerprint density at radius 3 is 2.25 bits per heavy atom. The number of hydrogen-bond acceptors (Lipinski definition) is 4. The van der Waals surface area contributed by atoms with Gasteiger partial charge in [-0.25, -0.2) is 8.42 Å². The van der Waals surface area contributed by atoms with Crippen molar-refractivity contribution < 1.29 is 13.2 Å². The number of aryl methyl sites for hydroxylation is 1. The van der Waals surface area contributed by atoms with Gasteiger partial charge < -0.3 is 10.6 Å². The summed E-state index contributed by atoms with van der Waals surface area (Å²) in [5.74, 6) is -0.183. The van der Waals surface area contributed by atoms with E-state index in [0.717, 1.165) is 5.56 Å². The van der Waals surface area contributed by atoms with Crippen molar-refractivity contribution in [2.75, 3.05) is 24.4 Å².